The third-order valence-corrected chi connectivity index (χ3v) is 5.58. The molecule has 8 nitrogen and oxygen atoms in total. The van der Waals surface area contributed by atoms with Crippen molar-refractivity contribution in [2.45, 2.75) is 19.5 Å². The summed E-state index contributed by atoms with van der Waals surface area (Å²) < 4.78 is 15.3. The number of rotatable bonds is 11. The van der Waals surface area contributed by atoms with Gasteiger partial charge in [0, 0.05) is 37.5 Å². The maximum atomic E-state index is 12.5. The fourth-order valence-corrected chi connectivity index (χ4v) is 3.92. The van der Waals surface area contributed by atoms with E-state index in [-0.39, 0.29) is 12.5 Å². The molecule has 0 bridgehead atoms. The summed E-state index contributed by atoms with van der Waals surface area (Å²) in [6.07, 6.45) is 4.91. The van der Waals surface area contributed by atoms with Crippen molar-refractivity contribution in [3.8, 4) is 5.75 Å². The molecule has 1 amide bonds. The molecule has 4 rings (SSSR count). The number of amides is 1. The first-order valence-electron chi connectivity index (χ1n) is 11.1. The number of imidazole rings is 1. The lowest BCUT2D eigenvalue weighted by molar-refractivity contribution is -0.118. The number of nitrogens with one attached hydrogen (secondary N) is 1. The molecule has 1 N–H and O–H groups in total. The Morgan fingerprint density at radius 2 is 1.97 bits per heavy atom. The number of ether oxygens (including phenoxy) is 2. The molecule has 0 fully saturated rings. The average Bonchev–Trinajstić information content (AvgIpc) is 3.40. The number of carbonyl (C=O) groups is 1. The summed E-state index contributed by atoms with van der Waals surface area (Å²) in [5, 5.41) is 3.89. The minimum Gasteiger partial charge on any atom is -0.483 e. The standard InChI is InChI=1S/C25H31N5O3/c1-28(2)11-5-12-30-18-26-21-16-19(8-9-23(21)30)27-25(31)17-33-24-7-4-6-22-20(24)10-13-29(22)14-15-32-3/h4,6-10,13,16,18H,5,11-12,14-15,17H2,1-3H3,(H,27,31). The topological polar surface area (TPSA) is 73.5 Å². The van der Waals surface area contributed by atoms with Gasteiger partial charge in [-0.1, -0.05) is 6.07 Å². The van der Waals surface area contributed by atoms with Gasteiger partial charge in [0.1, 0.15) is 5.75 Å². The first kappa shape index (κ1) is 22.8. The normalized spacial score (nSPS) is 11.5. The zero-order chi connectivity index (χ0) is 23.2. The smallest absolute Gasteiger partial charge is 0.262 e. The van der Waals surface area contributed by atoms with E-state index in [4.69, 9.17) is 9.47 Å². The van der Waals surface area contributed by atoms with Crippen LogP contribution in [-0.4, -0.2) is 65.9 Å². The molecule has 0 saturated carbocycles. The second-order valence-electron chi connectivity index (χ2n) is 8.33. The Labute approximate surface area is 193 Å². The van der Waals surface area contributed by atoms with E-state index in [0.717, 1.165) is 48.0 Å². The zero-order valence-electron chi connectivity index (χ0n) is 19.5. The summed E-state index contributed by atoms with van der Waals surface area (Å²) in [6, 6.07) is 13.6. The highest BCUT2D eigenvalue weighted by Crippen LogP contribution is 2.27. The fraction of sp³-hybridized carbons (Fsp3) is 0.360. The number of anilines is 1. The van der Waals surface area contributed by atoms with Gasteiger partial charge in [-0.3, -0.25) is 4.79 Å². The van der Waals surface area contributed by atoms with Crippen molar-refractivity contribution in [3.63, 3.8) is 0 Å². The molecular formula is C25H31N5O3. The van der Waals surface area contributed by atoms with Crippen LogP contribution in [0.5, 0.6) is 5.75 Å². The number of hydrogen-bond acceptors (Lipinski definition) is 5. The summed E-state index contributed by atoms with van der Waals surface area (Å²) >= 11 is 0. The predicted octanol–water partition coefficient (Wildman–Crippen LogP) is 3.61. The first-order valence-corrected chi connectivity index (χ1v) is 11.1. The third-order valence-electron chi connectivity index (χ3n) is 5.58. The highest BCUT2D eigenvalue weighted by molar-refractivity contribution is 5.94. The lowest BCUT2D eigenvalue weighted by Gasteiger charge is -2.11. The quantitative estimate of drug-likeness (QED) is 0.379. The molecule has 4 aromatic rings. The van der Waals surface area contributed by atoms with Crippen LogP contribution in [0.4, 0.5) is 5.69 Å². The molecule has 33 heavy (non-hydrogen) atoms. The molecule has 2 heterocycles. The molecule has 8 heteroatoms. The maximum absolute atomic E-state index is 12.5. The van der Waals surface area contributed by atoms with Crippen LogP contribution in [0.1, 0.15) is 6.42 Å². The van der Waals surface area contributed by atoms with Crippen molar-refractivity contribution in [2.75, 3.05) is 46.3 Å². The van der Waals surface area contributed by atoms with Gasteiger partial charge in [0.2, 0.25) is 0 Å². The minimum atomic E-state index is -0.212. The van der Waals surface area contributed by atoms with Gasteiger partial charge in [0.25, 0.3) is 5.91 Å². The van der Waals surface area contributed by atoms with Crippen LogP contribution in [0, 0.1) is 0 Å². The van der Waals surface area contributed by atoms with Crippen molar-refractivity contribution < 1.29 is 14.3 Å². The van der Waals surface area contributed by atoms with E-state index >= 15 is 0 Å². The van der Waals surface area contributed by atoms with Gasteiger partial charge in [0.05, 0.1) is 29.5 Å². The monoisotopic (exact) mass is 449 g/mol. The van der Waals surface area contributed by atoms with E-state index in [1.54, 1.807) is 7.11 Å². The lowest BCUT2D eigenvalue weighted by atomic mass is 10.2. The summed E-state index contributed by atoms with van der Waals surface area (Å²) in [4.78, 5) is 19.2. The second kappa shape index (κ2) is 10.5. The summed E-state index contributed by atoms with van der Waals surface area (Å²) in [7, 11) is 5.84. The molecule has 0 aliphatic rings. The van der Waals surface area contributed by atoms with Crippen LogP contribution < -0.4 is 10.1 Å². The highest BCUT2D eigenvalue weighted by Gasteiger charge is 2.10. The number of nitrogens with zero attached hydrogens (tertiary/aromatic N) is 4. The Balaban J connectivity index is 1.36. The third kappa shape index (κ3) is 5.53. The summed E-state index contributed by atoms with van der Waals surface area (Å²) in [6.45, 7) is 3.26. The number of methoxy groups -OCH3 is 1. The molecule has 0 aliphatic heterocycles. The minimum absolute atomic E-state index is 0.0701. The van der Waals surface area contributed by atoms with Crippen molar-refractivity contribution in [1.29, 1.82) is 0 Å². The van der Waals surface area contributed by atoms with Crippen LogP contribution in [0.3, 0.4) is 0 Å². The van der Waals surface area contributed by atoms with Crippen LogP contribution in [0.15, 0.2) is 55.0 Å². The van der Waals surface area contributed by atoms with E-state index in [0.29, 0.717) is 18.0 Å². The Kier molecular flexibility index (Phi) is 7.26. The van der Waals surface area contributed by atoms with Crippen LogP contribution in [0.25, 0.3) is 21.9 Å². The van der Waals surface area contributed by atoms with Gasteiger partial charge in [-0.15, -0.1) is 0 Å². The number of benzene rings is 2. The predicted molar refractivity (Wildman–Crippen MR) is 131 cm³/mol. The van der Waals surface area contributed by atoms with E-state index in [1.807, 2.05) is 55.0 Å². The molecule has 174 valence electrons. The number of carbonyl (C=O) groups excluding carboxylic acids is 1. The maximum Gasteiger partial charge on any atom is 0.262 e. The van der Waals surface area contributed by atoms with Crippen molar-refractivity contribution in [2.24, 2.45) is 0 Å². The molecule has 2 aromatic heterocycles. The molecule has 0 saturated heterocycles. The van der Waals surface area contributed by atoms with Gasteiger partial charge in [-0.05, 0) is 63.5 Å². The Bertz CT molecular complexity index is 1230. The second-order valence-corrected chi connectivity index (χ2v) is 8.33. The van der Waals surface area contributed by atoms with E-state index in [1.165, 1.54) is 0 Å². The summed E-state index contributed by atoms with van der Waals surface area (Å²) in [5.74, 6) is 0.473. The first-order chi connectivity index (χ1) is 16.0. The zero-order valence-corrected chi connectivity index (χ0v) is 19.5. The summed E-state index contributed by atoms with van der Waals surface area (Å²) in [5.41, 5.74) is 3.68. The molecule has 0 atom stereocenters. The molecule has 0 aliphatic carbocycles. The largest absolute Gasteiger partial charge is 0.483 e. The molecule has 0 radical (unpaired) electrons. The molecule has 0 unspecified atom stereocenters. The van der Waals surface area contributed by atoms with Gasteiger partial charge in [0.15, 0.2) is 6.61 Å². The van der Waals surface area contributed by atoms with Crippen molar-refractivity contribution >= 4 is 33.5 Å². The number of aromatic nitrogens is 3. The highest BCUT2D eigenvalue weighted by atomic mass is 16.5. The van der Waals surface area contributed by atoms with Crippen LogP contribution >= 0.6 is 0 Å². The Morgan fingerprint density at radius 3 is 2.79 bits per heavy atom. The molecular weight excluding hydrogens is 418 g/mol. The molecule has 0 spiro atoms. The Hall–Kier alpha value is -3.36. The van der Waals surface area contributed by atoms with Crippen LogP contribution in [0.2, 0.25) is 0 Å². The van der Waals surface area contributed by atoms with Crippen molar-refractivity contribution in [1.82, 2.24) is 19.0 Å². The van der Waals surface area contributed by atoms with Gasteiger partial charge in [-0.2, -0.15) is 0 Å². The van der Waals surface area contributed by atoms with Crippen LogP contribution in [-0.2, 0) is 22.6 Å². The number of aryl methyl sites for hydroxylation is 1. The lowest BCUT2D eigenvalue weighted by Crippen LogP contribution is -2.20. The van der Waals surface area contributed by atoms with Crippen molar-refractivity contribution in [3.05, 3.63) is 55.0 Å². The number of fused-ring (bicyclic) bond motifs is 2. The SMILES string of the molecule is COCCn1ccc2c(OCC(=O)Nc3ccc4c(c3)ncn4CCCN(C)C)cccc21. The van der Waals surface area contributed by atoms with Gasteiger partial charge < -0.3 is 28.8 Å². The van der Waals surface area contributed by atoms with Gasteiger partial charge in [-0.25, -0.2) is 4.98 Å². The fourth-order valence-electron chi connectivity index (χ4n) is 3.92. The Morgan fingerprint density at radius 1 is 1.09 bits per heavy atom. The average molecular weight is 450 g/mol. The van der Waals surface area contributed by atoms with E-state index in [9.17, 15) is 4.79 Å². The molecule has 2 aromatic carbocycles. The van der Waals surface area contributed by atoms with E-state index in [2.05, 4.69) is 38.4 Å². The number of hydrogen-bond donors (Lipinski definition) is 1. The van der Waals surface area contributed by atoms with E-state index < -0.39 is 0 Å². The van der Waals surface area contributed by atoms with Gasteiger partial charge >= 0.3 is 0 Å².